The monoisotopic (exact) mass is 366 g/mol. The maximum Gasteiger partial charge on any atom is 0.265 e. The Labute approximate surface area is 146 Å². The number of sulfonamides is 1. The summed E-state index contributed by atoms with van der Waals surface area (Å²) in [5, 5.41) is 0. The number of hydrogen-bond donors (Lipinski definition) is 2. The Kier molecular flexibility index (Phi) is 4.67. The number of carbonyl (C=O) groups is 1. The van der Waals surface area contributed by atoms with Crippen LogP contribution in [0.25, 0.3) is 0 Å². The van der Waals surface area contributed by atoms with Gasteiger partial charge < -0.3 is 15.3 Å². The molecule has 3 N–H and O–H groups in total. The molecule has 0 spiro atoms. The van der Waals surface area contributed by atoms with Gasteiger partial charge in [-0.25, -0.2) is 13.4 Å². The predicted octanol–water partition coefficient (Wildman–Crippen LogP) is -0.0854. The Bertz CT molecular complexity index is 858. The molecule has 3 rings (SSSR count). The summed E-state index contributed by atoms with van der Waals surface area (Å²) in [4.78, 5) is 21.0. The van der Waals surface area contributed by atoms with E-state index in [2.05, 4.69) is 14.9 Å². The van der Waals surface area contributed by atoms with Crippen molar-refractivity contribution < 1.29 is 13.2 Å². The average molecular weight is 366 g/mol. The summed E-state index contributed by atoms with van der Waals surface area (Å²) < 4.78 is 28.9. The zero-order valence-electron chi connectivity index (χ0n) is 14.2. The lowest BCUT2D eigenvalue weighted by Gasteiger charge is -2.39. The van der Waals surface area contributed by atoms with Gasteiger partial charge in [-0.2, -0.15) is 4.31 Å². The fraction of sp³-hybridized carbons (Fsp3) is 0.467. The normalized spacial score (nSPS) is 20.0. The van der Waals surface area contributed by atoms with Gasteiger partial charge in [0.2, 0.25) is 10.0 Å². The topological polar surface area (TPSA) is 117 Å². The summed E-state index contributed by atoms with van der Waals surface area (Å²) in [6, 6.07) is 1.19. The summed E-state index contributed by atoms with van der Waals surface area (Å²) >= 11 is 0. The minimum Gasteiger partial charge on any atom is -0.364 e. The van der Waals surface area contributed by atoms with E-state index in [9.17, 15) is 13.2 Å². The standard InChI is InChI=1S/C15H22N6O3S/c1-3-20-6-7-21(10-13(20)15-17-4-5-18-15)25(23,24)11-8-12(14(16)22)19(2)9-11/h4-5,8-9,13H,3,6-7,10H2,1-2H3,(H2,16,22)(H,17,18)/t13-/m1/s1. The molecule has 0 bridgehead atoms. The molecule has 1 atom stereocenters. The van der Waals surface area contributed by atoms with Crippen LogP contribution in [0.4, 0.5) is 0 Å². The number of primary amides is 1. The van der Waals surface area contributed by atoms with Gasteiger partial charge in [0.1, 0.15) is 16.4 Å². The minimum atomic E-state index is -3.72. The molecule has 10 heteroatoms. The van der Waals surface area contributed by atoms with Crippen LogP contribution in [0, 0.1) is 0 Å². The largest absolute Gasteiger partial charge is 0.364 e. The van der Waals surface area contributed by atoms with Crippen LogP contribution in [0.15, 0.2) is 29.6 Å². The van der Waals surface area contributed by atoms with Crippen molar-refractivity contribution in [3.05, 3.63) is 36.2 Å². The van der Waals surface area contributed by atoms with E-state index in [0.717, 1.165) is 12.4 Å². The first-order valence-electron chi connectivity index (χ1n) is 8.04. The number of aromatic amines is 1. The number of nitrogens with one attached hydrogen (secondary N) is 1. The first-order valence-corrected chi connectivity index (χ1v) is 9.48. The fourth-order valence-corrected chi connectivity index (χ4v) is 4.69. The number of nitrogens with zero attached hydrogens (tertiary/aromatic N) is 4. The first-order chi connectivity index (χ1) is 11.8. The van der Waals surface area contributed by atoms with Gasteiger partial charge in [0.15, 0.2) is 0 Å². The third-order valence-electron chi connectivity index (χ3n) is 4.57. The smallest absolute Gasteiger partial charge is 0.265 e. The molecule has 0 saturated carbocycles. The van der Waals surface area contributed by atoms with Crippen LogP contribution < -0.4 is 5.73 Å². The molecule has 1 aliphatic heterocycles. The number of piperazine rings is 1. The van der Waals surface area contributed by atoms with Gasteiger partial charge in [0.25, 0.3) is 5.91 Å². The van der Waals surface area contributed by atoms with Crippen LogP contribution >= 0.6 is 0 Å². The second-order valence-corrected chi connectivity index (χ2v) is 7.96. The molecule has 1 saturated heterocycles. The SMILES string of the molecule is CCN1CCN(S(=O)(=O)c2cc(C(N)=O)n(C)c2)C[C@@H]1c1ncc[nH]1. The fourth-order valence-electron chi connectivity index (χ4n) is 3.18. The molecule has 1 fully saturated rings. The van der Waals surface area contributed by atoms with Crippen molar-refractivity contribution in [3.63, 3.8) is 0 Å². The van der Waals surface area contributed by atoms with E-state index < -0.39 is 15.9 Å². The Morgan fingerprint density at radius 2 is 2.20 bits per heavy atom. The second-order valence-electron chi connectivity index (χ2n) is 6.02. The average Bonchev–Trinajstić information content (AvgIpc) is 3.23. The summed E-state index contributed by atoms with van der Waals surface area (Å²) in [6.07, 6.45) is 4.81. The first kappa shape index (κ1) is 17.6. The lowest BCUT2D eigenvalue weighted by Crippen LogP contribution is -2.50. The Balaban J connectivity index is 1.90. The predicted molar refractivity (Wildman–Crippen MR) is 91.3 cm³/mol. The Hall–Kier alpha value is -2.17. The highest BCUT2D eigenvalue weighted by molar-refractivity contribution is 7.89. The third kappa shape index (κ3) is 3.20. The number of rotatable bonds is 5. The Morgan fingerprint density at radius 1 is 1.44 bits per heavy atom. The van der Waals surface area contributed by atoms with Gasteiger partial charge in [-0.15, -0.1) is 0 Å². The van der Waals surface area contributed by atoms with E-state index in [1.165, 1.54) is 21.1 Å². The van der Waals surface area contributed by atoms with Gasteiger partial charge in [-0.05, 0) is 12.6 Å². The molecule has 3 heterocycles. The molecule has 0 aromatic carbocycles. The number of hydrogen-bond acceptors (Lipinski definition) is 5. The van der Waals surface area contributed by atoms with Crippen molar-refractivity contribution >= 4 is 15.9 Å². The van der Waals surface area contributed by atoms with Crippen LogP contribution in [0.5, 0.6) is 0 Å². The molecule has 0 unspecified atom stereocenters. The molecule has 0 radical (unpaired) electrons. The second kappa shape index (κ2) is 6.62. The summed E-state index contributed by atoms with van der Waals surface area (Å²) in [5.41, 5.74) is 5.45. The lowest BCUT2D eigenvalue weighted by atomic mass is 10.2. The van der Waals surface area contributed by atoms with E-state index in [1.54, 1.807) is 19.4 Å². The van der Waals surface area contributed by atoms with Crippen LogP contribution in [0.2, 0.25) is 0 Å². The van der Waals surface area contributed by atoms with Crippen molar-refractivity contribution in [2.45, 2.75) is 17.9 Å². The molecule has 0 aliphatic carbocycles. The molecule has 1 amide bonds. The highest BCUT2D eigenvalue weighted by atomic mass is 32.2. The maximum absolute atomic E-state index is 13.0. The zero-order chi connectivity index (χ0) is 18.2. The van der Waals surface area contributed by atoms with Crippen LogP contribution in [0.1, 0.15) is 29.3 Å². The highest BCUT2D eigenvalue weighted by Crippen LogP contribution is 2.27. The van der Waals surface area contributed by atoms with Gasteiger partial charge >= 0.3 is 0 Å². The lowest BCUT2D eigenvalue weighted by molar-refractivity contribution is 0.0992. The van der Waals surface area contributed by atoms with E-state index in [1.807, 2.05) is 6.92 Å². The quantitative estimate of drug-likeness (QED) is 0.767. The van der Waals surface area contributed by atoms with Crippen LogP contribution in [0.3, 0.4) is 0 Å². The van der Waals surface area contributed by atoms with Gasteiger partial charge in [0.05, 0.1) is 6.04 Å². The summed E-state index contributed by atoms with van der Waals surface area (Å²) in [7, 11) is -2.12. The van der Waals surface area contributed by atoms with Crippen LogP contribution in [-0.2, 0) is 17.1 Å². The molecule has 2 aromatic rings. The maximum atomic E-state index is 13.0. The number of aryl methyl sites for hydroxylation is 1. The number of carbonyl (C=O) groups excluding carboxylic acids is 1. The van der Waals surface area contributed by atoms with Gasteiger partial charge in [0, 0.05) is 45.3 Å². The van der Waals surface area contributed by atoms with Crippen LogP contribution in [-0.4, -0.2) is 64.2 Å². The number of amides is 1. The van der Waals surface area contributed by atoms with E-state index >= 15 is 0 Å². The molecule has 9 nitrogen and oxygen atoms in total. The van der Waals surface area contributed by atoms with E-state index in [4.69, 9.17) is 5.73 Å². The van der Waals surface area contributed by atoms with Gasteiger partial charge in [-0.3, -0.25) is 9.69 Å². The molecular formula is C15H22N6O3S. The number of nitrogens with two attached hydrogens (primary N) is 1. The van der Waals surface area contributed by atoms with Crippen molar-refractivity contribution in [2.24, 2.45) is 12.8 Å². The zero-order valence-corrected chi connectivity index (χ0v) is 15.0. The summed E-state index contributed by atoms with van der Waals surface area (Å²) in [6.45, 7) is 4.13. The molecule has 1 aliphatic rings. The molecule has 25 heavy (non-hydrogen) atoms. The number of aromatic nitrogens is 3. The number of H-pyrrole nitrogens is 1. The van der Waals surface area contributed by atoms with Crippen molar-refractivity contribution in [3.8, 4) is 0 Å². The Morgan fingerprint density at radius 3 is 2.76 bits per heavy atom. The van der Waals surface area contributed by atoms with E-state index in [-0.39, 0.29) is 16.6 Å². The number of imidazole rings is 1. The van der Waals surface area contributed by atoms with Crippen molar-refractivity contribution in [2.75, 3.05) is 26.2 Å². The number of likely N-dealkylation sites (N-methyl/N-ethyl adjacent to an activating group) is 1. The molecular weight excluding hydrogens is 344 g/mol. The minimum absolute atomic E-state index is 0.0759. The highest BCUT2D eigenvalue weighted by Gasteiger charge is 2.36. The summed E-state index contributed by atoms with van der Waals surface area (Å²) in [5.74, 6) is 0.0841. The van der Waals surface area contributed by atoms with Crippen molar-refractivity contribution in [1.82, 2.24) is 23.7 Å². The third-order valence-corrected chi connectivity index (χ3v) is 6.40. The van der Waals surface area contributed by atoms with Crippen molar-refractivity contribution in [1.29, 1.82) is 0 Å². The molecule has 2 aromatic heterocycles. The van der Waals surface area contributed by atoms with Gasteiger partial charge in [-0.1, -0.05) is 6.92 Å². The molecule has 136 valence electrons. The van der Waals surface area contributed by atoms with E-state index in [0.29, 0.717) is 19.6 Å².